The van der Waals surface area contributed by atoms with E-state index in [2.05, 4.69) is 9.88 Å². The van der Waals surface area contributed by atoms with Crippen molar-refractivity contribution in [3.63, 3.8) is 0 Å². The van der Waals surface area contributed by atoms with Crippen molar-refractivity contribution < 1.29 is 4.79 Å². The van der Waals surface area contributed by atoms with Crippen LogP contribution in [-0.4, -0.2) is 42.0 Å². The van der Waals surface area contributed by atoms with Gasteiger partial charge in [0.2, 0.25) is 5.91 Å². The smallest absolute Gasteiger partial charge is 0.227 e. The predicted molar refractivity (Wildman–Crippen MR) is 78.9 cm³/mol. The second kappa shape index (κ2) is 5.71. The van der Waals surface area contributed by atoms with Crippen molar-refractivity contribution in [3.8, 4) is 0 Å². The molecule has 0 unspecified atom stereocenters. The molecule has 1 amide bonds. The molecule has 0 radical (unpaired) electrons. The number of amides is 1. The summed E-state index contributed by atoms with van der Waals surface area (Å²) in [7, 11) is 0. The lowest BCUT2D eigenvalue weighted by Crippen LogP contribution is -2.49. The molecule has 0 N–H and O–H groups in total. The first kappa shape index (κ1) is 12.6. The van der Waals surface area contributed by atoms with Crippen LogP contribution in [0.25, 0.3) is 0 Å². The van der Waals surface area contributed by atoms with Gasteiger partial charge in [0.05, 0.1) is 6.42 Å². The first-order valence-corrected chi connectivity index (χ1v) is 8.08. The zero-order valence-electron chi connectivity index (χ0n) is 10.5. The number of nitrogens with zero attached hydrogens (tertiary/aromatic N) is 3. The SMILES string of the molecule is O=C(Cc1ccsc1)N1CCN(c2nccs2)CC1. The third kappa shape index (κ3) is 2.96. The molecule has 0 aliphatic carbocycles. The number of aromatic nitrogens is 1. The summed E-state index contributed by atoms with van der Waals surface area (Å²) in [5.41, 5.74) is 1.12. The van der Waals surface area contributed by atoms with Crippen molar-refractivity contribution in [2.75, 3.05) is 31.1 Å². The van der Waals surface area contributed by atoms with Gasteiger partial charge in [0.25, 0.3) is 0 Å². The highest BCUT2D eigenvalue weighted by Crippen LogP contribution is 2.19. The topological polar surface area (TPSA) is 36.4 Å². The van der Waals surface area contributed by atoms with Crippen LogP contribution in [0.5, 0.6) is 0 Å². The van der Waals surface area contributed by atoms with Gasteiger partial charge in [-0.3, -0.25) is 4.79 Å². The molecule has 0 aromatic carbocycles. The Labute approximate surface area is 120 Å². The predicted octanol–water partition coefficient (Wildman–Crippen LogP) is 2.10. The number of thiophene rings is 1. The number of thiazole rings is 1. The van der Waals surface area contributed by atoms with E-state index in [1.54, 1.807) is 22.7 Å². The fraction of sp³-hybridized carbons (Fsp3) is 0.385. The molecule has 0 spiro atoms. The van der Waals surface area contributed by atoms with Gasteiger partial charge in [-0.25, -0.2) is 4.98 Å². The Morgan fingerprint density at radius 1 is 1.26 bits per heavy atom. The molecule has 2 aromatic heterocycles. The molecular formula is C13H15N3OS2. The zero-order valence-corrected chi connectivity index (χ0v) is 12.1. The Hall–Kier alpha value is -1.40. The molecule has 0 bridgehead atoms. The Kier molecular flexibility index (Phi) is 3.79. The van der Waals surface area contributed by atoms with E-state index < -0.39 is 0 Å². The van der Waals surface area contributed by atoms with Crippen molar-refractivity contribution in [1.29, 1.82) is 0 Å². The van der Waals surface area contributed by atoms with Gasteiger partial charge in [-0.2, -0.15) is 11.3 Å². The first-order valence-electron chi connectivity index (χ1n) is 6.26. The Morgan fingerprint density at radius 3 is 2.74 bits per heavy atom. The van der Waals surface area contributed by atoms with E-state index in [9.17, 15) is 4.79 Å². The molecule has 2 aromatic rings. The highest BCUT2D eigenvalue weighted by atomic mass is 32.1. The van der Waals surface area contributed by atoms with Crippen LogP contribution in [0.3, 0.4) is 0 Å². The second-order valence-corrected chi connectivity index (χ2v) is 6.14. The van der Waals surface area contributed by atoms with Gasteiger partial charge in [-0.1, -0.05) is 0 Å². The van der Waals surface area contributed by atoms with Crippen molar-refractivity contribution in [2.24, 2.45) is 0 Å². The maximum absolute atomic E-state index is 12.2. The average molecular weight is 293 g/mol. The zero-order chi connectivity index (χ0) is 13.1. The highest BCUT2D eigenvalue weighted by molar-refractivity contribution is 7.13. The van der Waals surface area contributed by atoms with Gasteiger partial charge in [0, 0.05) is 37.8 Å². The largest absolute Gasteiger partial charge is 0.345 e. The van der Waals surface area contributed by atoms with Gasteiger partial charge in [-0.05, 0) is 22.4 Å². The molecule has 1 saturated heterocycles. The van der Waals surface area contributed by atoms with E-state index >= 15 is 0 Å². The van der Waals surface area contributed by atoms with Crippen molar-refractivity contribution >= 4 is 33.7 Å². The summed E-state index contributed by atoms with van der Waals surface area (Å²) in [6.07, 6.45) is 2.36. The summed E-state index contributed by atoms with van der Waals surface area (Å²) in [5, 5.41) is 7.11. The van der Waals surface area contributed by atoms with Crippen LogP contribution in [0.4, 0.5) is 5.13 Å². The molecule has 6 heteroatoms. The van der Waals surface area contributed by atoms with E-state index in [4.69, 9.17) is 0 Å². The summed E-state index contributed by atoms with van der Waals surface area (Å²) < 4.78 is 0. The summed E-state index contributed by atoms with van der Waals surface area (Å²) in [5.74, 6) is 0.234. The summed E-state index contributed by atoms with van der Waals surface area (Å²) >= 11 is 3.30. The van der Waals surface area contributed by atoms with Gasteiger partial charge in [0.1, 0.15) is 0 Å². The van der Waals surface area contributed by atoms with Crippen molar-refractivity contribution in [3.05, 3.63) is 34.0 Å². The van der Waals surface area contributed by atoms with Gasteiger partial charge in [0.15, 0.2) is 5.13 Å². The minimum Gasteiger partial charge on any atom is -0.345 e. The maximum Gasteiger partial charge on any atom is 0.227 e. The Bertz CT molecular complexity index is 516. The van der Waals surface area contributed by atoms with Crippen LogP contribution < -0.4 is 4.90 Å². The highest BCUT2D eigenvalue weighted by Gasteiger charge is 2.22. The van der Waals surface area contributed by atoms with Crippen LogP contribution in [-0.2, 0) is 11.2 Å². The average Bonchev–Trinajstić information content (AvgIpc) is 3.12. The molecule has 1 aliphatic heterocycles. The molecular weight excluding hydrogens is 278 g/mol. The second-order valence-electron chi connectivity index (χ2n) is 4.49. The molecule has 0 atom stereocenters. The minimum atomic E-state index is 0.234. The Balaban J connectivity index is 1.54. The molecule has 100 valence electrons. The first-order chi connectivity index (χ1) is 9.33. The minimum absolute atomic E-state index is 0.234. The normalized spacial score (nSPS) is 15.8. The number of rotatable bonds is 3. The van der Waals surface area contributed by atoms with E-state index in [0.29, 0.717) is 6.42 Å². The molecule has 1 aliphatic rings. The third-order valence-electron chi connectivity index (χ3n) is 3.26. The van der Waals surface area contributed by atoms with Crippen LogP contribution in [0, 0.1) is 0 Å². The number of anilines is 1. The molecule has 3 rings (SSSR count). The van der Waals surface area contributed by atoms with Gasteiger partial charge < -0.3 is 9.80 Å². The van der Waals surface area contributed by atoms with E-state index in [1.165, 1.54) is 0 Å². The lowest BCUT2D eigenvalue weighted by molar-refractivity contribution is -0.130. The van der Waals surface area contributed by atoms with Crippen LogP contribution in [0.2, 0.25) is 0 Å². The Morgan fingerprint density at radius 2 is 2.11 bits per heavy atom. The van der Waals surface area contributed by atoms with Crippen molar-refractivity contribution in [1.82, 2.24) is 9.88 Å². The standard InChI is InChI=1S/C13H15N3OS2/c17-12(9-11-1-7-18-10-11)15-3-5-16(6-4-15)13-14-2-8-19-13/h1-2,7-8,10H,3-6,9H2. The number of carbonyl (C=O) groups excluding carboxylic acids is 1. The third-order valence-corrected chi connectivity index (χ3v) is 4.82. The molecule has 0 saturated carbocycles. The molecule has 1 fully saturated rings. The number of carbonyl (C=O) groups is 1. The lowest BCUT2D eigenvalue weighted by atomic mass is 10.2. The van der Waals surface area contributed by atoms with Gasteiger partial charge in [-0.15, -0.1) is 11.3 Å². The van der Waals surface area contributed by atoms with Crippen molar-refractivity contribution in [2.45, 2.75) is 6.42 Å². The summed E-state index contributed by atoms with van der Waals surface area (Å²) in [6, 6.07) is 2.02. The maximum atomic E-state index is 12.2. The van der Waals surface area contributed by atoms with Crippen LogP contribution in [0.15, 0.2) is 28.4 Å². The molecule has 3 heterocycles. The molecule has 19 heavy (non-hydrogen) atoms. The summed E-state index contributed by atoms with van der Waals surface area (Å²) in [4.78, 5) is 20.7. The van der Waals surface area contributed by atoms with Crippen LogP contribution in [0.1, 0.15) is 5.56 Å². The molecule has 4 nitrogen and oxygen atoms in total. The quantitative estimate of drug-likeness (QED) is 0.869. The lowest BCUT2D eigenvalue weighted by Gasteiger charge is -2.34. The van der Waals surface area contributed by atoms with Crippen LogP contribution >= 0.6 is 22.7 Å². The fourth-order valence-corrected chi connectivity index (χ4v) is 3.56. The number of hydrogen-bond acceptors (Lipinski definition) is 5. The van der Waals surface area contributed by atoms with E-state index in [-0.39, 0.29) is 5.91 Å². The number of piperazine rings is 1. The van der Waals surface area contributed by atoms with Gasteiger partial charge >= 0.3 is 0 Å². The fourth-order valence-electron chi connectivity index (χ4n) is 2.20. The van der Waals surface area contributed by atoms with E-state index in [1.807, 2.05) is 33.3 Å². The van der Waals surface area contributed by atoms with E-state index in [0.717, 1.165) is 36.9 Å². The summed E-state index contributed by atoms with van der Waals surface area (Å²) in [6.45, 7) is 3.34. The monoisotopic (exact) mass is 293 g/mol. The number of hydrogen-bond donors (Lipinski definition) is 0.